The number of rotatable bonds is 4. The molecule has 0 N–H and O–H groups in total. The normalized spacial score (nSPS) is 15.8. The molecule has 3 heterocycles. The SMILES string of the molecule is FC(F)c1nnc2ccc(N3CCC(Oc4ccccc4Cl)CC3)nn12. The van der Waals surface area contributed by atoms with E-state index >= 15 is 0 Å². The first kappa shape index (κ1) is 17.0. The van der Waals surface area contributed by atoms with Crippen LogP contribution in [-0.2, 0) is 0 Å². The van der Waals surface area contributed by atoms with Crippen molar-refractivity contribution in [1.82, 2.24) is 19.8 Å². The van der Waals surface area contributed by atoms with Crippen LogP contribution in [0.25, 0.3) is 5.65 Å². The number of hydrogen-bond donors (Lipinski definition) is 0. The van der Waals surface area contributed by atoms with Gasteiger partial charge in [-0.1, -0.05) is 23.7 Å². The van der Waals surface area contributed by atoms with Crippen molar-refractivity contribution in [3.63, 3.8) is 0 Å². The molecule has 2 aromatic heterocycles. The molecule has 0 amide bonds. The molecule has 1 saturated heterocycles. The van der Waals surface area contributed by atoms with Crippen LogP contribution in [0, 0.1) is 0 Å². The molecule has 0 unspecified atom stereocenters. The topological polar surface area (TPSA) is 55.5 Å². The van der Waals surface area contributed by atoms with Gasteiger partial charge in [-0.15, -0.1) is 15.3 Å². The van der Waals surface area contributed by atoms with Crippen molar-refractivity contribution in [2.24, 2.45) is 0 Å². The first-order chi connectivity index (χ1) is 12.6. The number of fused-ring (bicyclic) bond motifs is 1. The summed E-state index contributed by atoms with van der Waals surface area (Å²) >= 11 is 6.13. The third-order valence-electron chi connectivity index (χ3n) is 4.36. The zero-order valence-corrected chi connectivity index (χ0v) is 14.5. The number of halogens is 3. The molecule has 0 saturated carbocycles. The van der Waals surface area contributed by atoms with Gasteiger partial charge in [-0.3, -0.25) is 0 Å². The number of para-hydroxylation sites is 1. The Bertz CT molecular complexity index is 911. The lowest BCUT2D eigenvalue weighted by Crippen LogP contribution is -2.39. The zero-order valence-electron chi connectivity index (χ0n) is 13.7. The molecular weight excluding hydrogens is 364 g/mol. The number of hydrogen-bond acceptors (Lipinski definition) is 5. The highest BCUT2D eigenvalue weighted by Crippen LogP contribution is 2.28. The van der Waals surface area contributed by atoms with E-state index in [-0.39, 0.29) is 6.10 Å². The number of benzene rings is 1. The fourth-order valence-corrected chi connectivity index (χ4v) is 3.20. The van der Waals surface area contributed by atoms with Gasteiger partial charge in [-0.05, 0) is 24.3 Å². The van der Waals surface area contributed by atoms with Crippen molar-refractivity contribution in [3.05, 3.63) is 47.2 Å². The Balaban J connectivity index is 1.45. The minimum Gasteiger partial charge on any atom is -0.489 e. The molecule has 136 valence electrons. The third kappa shape index (κ3) is 3.29. The summed E-state index contributed by atoms with van der Waals surface area (Å²) in [4.78, 5) is 2.04. The Morgan fingerprint density at radius 3 is 2.58 bits per heavy atom. The van der Waals surface area contributed by atoms with Crippen molar-refractivity contribution in [3.8, 4) is 5.75 Å². The third-order valence-corrected chi connectivity index (χ3v) is 4.68. The summed E-state index contributed by atoms with van der Waals surface area (Å²) in [7, 11) is 0. The van der Waals surface area contributed by atoms with E-state index in [1.165, 1.54) is 0 Å². The van der Waals surface area contributed by atoms with E-state index in [0.29, 0.717) is 35.3 Å². The van der Waals surface area contributed by atoms with Crippen molar-refractivity contribution in [1.29, 1.82) is 0 Å². The van der Waals surface area contributed by atoms with Gasteiger partial charge in [0.25, 0.3) is 6.43 Å². The largest absolute Gasteiger partial charge is 0.489 e. The summed E-state index contributed by atoms with van der Waals surface area (Å²) in [5.41, 5.74) is 0.306. The maximum Gasteiger partial charge on any atom is 0.299 e. The van der Waals surface area contributed by atoms with Crippen LogP contribution >= 0.6 is 11.6 Å². The van der Waals surface area contributed by atoms with Crippen molar-refractivity contribution in [2.45, 2.75) is 25.4 Å². The summed E-state index contributed by atoms with van der Waals surface area (Å²) in [6.07, 6.45) is -1.09. The van der Waals surface area contributed by atoms with Crippen molar-refractivity contribution < 1.29 is 13.5 Å². The highest BCUT2D eigenvalue weighted by molar-refractivity contribution is 6.32. The van der Waals surface area contributed by atoms with E-state index in [1.54, 1.807) is 18.2 Å². The lowest BCUT2D eigenvalue weighted by molar-refractivity contribution is 0.137. The number of aromatic nitrogens is 4. The summed E-state index contributed by atoms with van der Waals surface area (Å²) in [5.74, 6) is 0.854. The van der Waals surface area contributed by atoms with Crippen LogP contribution < -0.4 is 9.64 Å². The van der Waals surface area contributed by atoms with E-state index in [2.05, 4.69) is 15.3 Å². The number of piperidine rings is 1. The van der Waals surface area contributed by atoms with Gasteiger partial charge in [0.05, 0.1) is 5.02 Å². The van der Waals surface area contributed by atoms with E-state index in [4.69, 9.17) is 16.3 Å². The molecule has 0 atom stereocenters. The zero-order chi connectivity index (χ0) is 18.1. The maximum absolute atomic E-state index is 13.0. The molecule has 4 rings (SSSR count). The van der Waals surface area contributed by atoms with Gasteiger partial charge in [0.15, 0.2) is 5.65 Å². The first-order valence-corrected chi connectivity index (χ1v) is 8.66. The predicted octanol–water partition coefficient (Wildman–Crippen LogP) is 3.76. The second-order valence-corrected chi connectivity index (χ2v) is 6.46. The van der Waals surface area contributed by atoms with Gasteiger partial charge in [-0.2, -0.15) is 4.52 Å². The van der Waals surface area contributed by atoms with Crippen molar-refractivity contribution >= 4 is 23.1 Å². The number of nitrogens with zero attached hydrogens (tertiary/aromatic N) is 5. The van der Waals surface area contributed by atoms with Crippen LogP contribution in [0.5, 0.6) is 5.75 Å². The minimum atomic E-state index is -2.72. The number of ether oxygens (including phenoxy) is 1. The lowest BCUT2D eigenvalue weighted by atomic mass is 10.1. The molecule has 9 heteroatoms. The smallest absolute Gasteiger partial charge is 0.299 e. The standard InChI is InChI=1S/C17H16ClF2N5O/c18-12-3-1-2-4-13(12)26-11-7-9-24(10-8-11)15-6-5-14-21-22-17(16(19)20)25(14)23-15/h1-6,11,16H,7-10H2. The maximum atomic E-state index is 13.0. The molecule has 0 spiro atoms. The van der Waals surface area contributed by atoms with E-state index in [0.717, 1.165) is 17.4 Å². The number of alkyl halides is 2. The molecule has 3 aromatic rings. The highest BCUT2D eigenvalue weighted by Gasteiger charge is 2.23. The Labute approximate surface area is 153 Å². The Hall–Kier alpha value is -2.48. The van der Waals surface area contributed by atoms with Crippen molar-refractivity contribution in [2.75, 3.05) is 18.0 Å². The Morgan fingerprint density at radius 2 is 1.85 bits per heavy atom. The molecule has 1 aliphatic heterocycles. The van der Waals surface area contributed by atoms with Crippen LogP contribution in [0.4, 0.5) is 14.6 Å². The molecule has 6 nitrogen and oxygen atoms in total. The molecule has 1 fully saturated rings. The fraction of sp³-hybridized carbons (Fsp3) is 0.353. The van der Waals surface area contributed by atoms with Crippen LogP contribution in [0.2, 0.25) is 5.02 Å². The summed E-state index contributed by atoms with van der Waals surface area (Å²) in [6.45, 7) is 1.42. The summed E-state index contributed by atoms with van der Waals surface area (Å²) < 4.78 is 33.1. The van der Waals surface area contributed by atoms with E-state index in [1.807, 2.05) is 23.1 Å². The Morgan fingerprint density at radius 1 is 1.08 bits per heavy atom. The minimum absolute atomic E-state index is 0.0569. The van der Waals surface area contributed by atoms with Gasteiger partial charge in [0.1, 0.15) is 17.7 Å². The molecule has 26 heavy (non-hydrogen) atoms. The van der Waals surface area contributed by atoms with E-state index in [9.17, 15) is 8.78 Å². The lowest BCUT2D eigenvalue weighted by Gasteiger charge is -2.33. The van der Waals surface area contributed by atoms with Gasteiger partial charge in [-0.25, -0.2) is 8.78 Å². The average molecular weight is 380 g/mol. The molecule has 0 aliphatic carbocycles. The van der Waals surface area contributed by atoms with Gasteiger partial charge in [0.2, 0.25) is 5.82 Å². The Kier molecular flexibility index (Phi) is 4.58. The number of anilines is 1. The second kappa shape index (κ2) is 7.03. The van der Waals surface area contributed by atoms with Gasteiger partial charge in [0, 0.05) is 25.9 Å². The first-order valence-electron chi connectivity index (χ1n) is 8.28. The van der Waals surface area contributed by atoms with E-state index < -0.39 is 12.2 Å². The van der Waals surface area contributed by atoms with Gasteiger partial charge >= 0.3 is 0 Å². The molecular formula is C17H16ClF2N5O. The molecule has 1 aliphatic rings. The second-order valence-electron chi connectivity index (χ2n) is 6.06. The van der Waals surface area contributed by atoms with Crippen LogP contribution in [-0.4, -0.2) is 39.0 Å². The molecule has 0 radical (unpaired) electrons. The molecule has 0 bridgehead atoms. The van der Waals surface area contributed by atoms with Crippen LogP contribution in [0.15, 0.2) is 36.4 Å². The highest BCUT2D eigenvalue weighted by atomic mass is 35.5. The quantitative estimate of drug-likeness (QED) is 0.690. The predicted molar refractivity (Wildman–Crippen MR) is 93.1 cm³/mol. The fourth-order valence-electron chi connectivity index (χ4n) is 3.02. The monoisotopic (exact) mass is 379 g/mol. The summed E-state index contributed by atoms with van der Waals surface area (Å²) in [5, 5.41) is 12.1. The van der Waals surface area contributed by atoms with Crippen LogP contribution in [0.1, 0.15) is 25.1 Å². The molecule has 1 aromatic carbocycles. The average Bonchev–Trinajstić information content (AvgIpc) is 3.08. The van der Waals surface area contributed by atoms with Gasteiger partial charge < -0.3 is 9.64 Å². The van der Waals surface area contributed by atoms with Crippen LogP contribution in [0.3, 0.4) is 0 Å². The summed E-state index contributed by atoms with van der Waals surface area (Å²) in [6, 6.07) is 10.8.